The first-order chi connectivity index (χ1) is 12.5. The number of anilines is 1. The normalized spacial score (nSPS) is 11.3. The van der Waals surface area contributed by atoms with Crippen LogP contribution in [0.15, 0.2) is 54.6 Å². The highest BCUT2D eigenvalue weighted by Crippen LogP contribution is 2.17. The summed E-state index contributed by atoms with van der Waals surface area (Å²) in [6, 6.07) is 16.0. The monoisotopic (exact) mass is 353 g/mol. The first-order valence-electron chi connectivity index (χ1n) is 8.46. The summed E-state index contributed by atoms with van der Waals surface area (Å²) in [7, 11) is 0. The fourth-order valence-electron chi connectivity index (χ4n) is 2.47. The van der Waals surface area contributed by atoms with E-state index >= 15 is 0 Å². The van der Waals surface area contributed by atoms with E-state index in [-0.39, 0.29) is 36.7 Å². The standard InChI is InChI=1S/C20H23N3O3/c1-14(17-9-6-10-18(13-17)23-15(2)24)22-19(25)11-12-21-20(26)16-7-4-3-5-8-16/h3-10,13-14H,11-12H2,1-2H3,(H,21,26)(H,22,25)(H,23,24). The number of hydrogen-bond acceptors (Lipinski definition) is 3. The summed E-state index contributed by atoms with van der Waals surface area (Å²) < 4.78 is 0. The fourth-order valence-corrected chi connectivity index (χ4v) is 2.47. The van der Waals surface area contributed by atoms with Crippen molar-refractivity contribution < 1.29 is 14.4 Å². The second-order valence-electron chi connectivity index (χ2n) is 5.97. The molecule has 2 rings (SSSR count). The molecule has 0 fully saturated rings. The maximum atomic E-state index is 12.1. The van der Waals surface area contributed by atoms with Gasteiger partial charge < -0.3 is 16.0 Å². The molecule has 0 saturated heterocycles. The molecule has 0 heterocycles. The molecule has 3 amide bonds. The lowest BCUT2D eigenvalue weighted by molar-refractivity contribution is -0.121. The van der Waals surface area contributed by atoms with Crippen LogP contribution >= 0.6 is 0 Å². The van der Waals surface area contributed by atoms with Crippen LogP contribution in [0, 0.1) is 0 Å². The van der Waals surface area contributed by atoms with Crippen molar-refractivity contribution in [3.05, 3.63) is 65.7 Å². The number of carbonyl (C=O) groups is 3. The van der Waals surface area contributed by atoms with Crippen molar-refractivity contribution in [3.63, 3.8) is 0 Å². The molecule has 0 saturated carbocycles. The summed E-state index contributed by atoms with van der Waals surface area (Å²) in [4.78, 5) is 35.1. The van der Waals surface area contributed by atoms with E-state index in [0.717, 1.165) is 5.56 Å². The smallest absolute Gasteiger partial charge is 0.251 e. The number of nitrogens with one attached hydrogen (secondary N) is 3. The lowest BCUT2D eigenvalue weighted by atomic mass is 10.1. The van der Waals surface area contributed by atoms with E-state index in [0.29, 0.717) is 11.3 Å². The topological polar surface area (TPSA) is 87.3 Å². The second-order valence-corrected chi connectivity index (χ2v) is 5.97. The first-order valence-corrected chi connectivity index (χ1v) is 8.46. The van der Waals surface area contributed by atoms with E-state index in [1.165, 1.54) is 6.92 Å². The van der Waals surface area contributed by atoms with Gasteiger partial charge in [-0.15, -0.1) is 0 Å². The van der Waals surface area contributed by atoms with Gasteiger partial charge in [0.05, 0.1) is 6.04 Å². The lowest BCUT2D eigenvalue weighted by Gasteiger charge is -2.15. The average molecular weight is 353 g/mol. The molecule has 1 unspecified atom stereocenters. The number of benzene rings is 2. The molecule has 26 heavy (non-hydrogen) atoms. The zero-order valence-electron chi connectivity index (χ0n) is 14.9. The number of hydrogen-bond donors (Lipinski definition) is 3. The maximum Gasteiger partial charge on any atom is 0.251 e. The van der Waals surface area contributed by atoms with Crippen LogP contribution in [0.1, 0.15) is 42.2 Å². The van der Waals surface area contributed by atoms with Gasteiger partial charge in [-0.3, -0.25) is 14.4 Å². The lowest BCUT2D eigenvalue weighted by Crippen LogP contribution is -2.32. The molecular formula is C20H23N3O3. The van der Waals surface area contributed by atoms with E-state index in [2.05, 4.69) is 16.0 Å². The Bertz CT molecular complexity index is 775. The van der Waals surface area contributed by atoms with Crippen LogP contribution in [0.5, 0.6) is 0 Å². The minimum absolute atomic E-state index is 0.145. The average Bonchev–Trinajstić information content (AvgIpc) is 2.62. The van der Waals surface area contributed by atoms with Gasteiger partial charge in [0.1, 0.15) is 0 Å². The van der Waals surface area contributed by atoms with Gasteiger partial charge in [-0.05, 0) is 36.8 Å². The Morgan fingerprint density at radius 3 is 2.42 bits per heavy atom. The molecule has 6 nitrogen and oxygen atoms in total. The van der Waals surface area contributed by atoms with E-state index in [4.69, 9.17) is 0 Å². The van der Waals surface area contributed by atoms with Crippen molar-refractivity contribution in [2.24, 2.45) is 0 Å². The quantitative estimate of drug-likeness (QED) is 0.715. The molecule has 0 aromatic heterocycles. The highest BCUT2D eigenvalue weighted by molar-refractivity contribution is 5.94. The van der Waals surface area contributed by atoms with E-state index in [9.17, 15) is 14.4 Å². The Kier molecular flexibility index (Phi) is 6.91. The Morgan fingerprint density at radius 1 is 1.00 bits per heavy atom. The van der Waals surface area contributed by atoms with Crippen LogP contribution in [0.3, 0.4) is 0 Å². The van der Waals surface area contributed by atoms with Crippen LogP contribution in [0.25, 0.3) is 0 Å². The molecule has 1 atom stereocenters. The van der Waals surface area contributed by atoms with Gasteiger partial charge in [-0.25, -0.2) is 0 Å². The third kappa shape index (κ3) is 6.05. The van der Waals surface area contributed by atoms with Crippen molar-refractivity contribution in [2.75, 3.05) is 11.9 Å². The minimum atomic E-state index is -0.207. The van der Waals surface area contributed by atoms with Gasteiger partial charge in [0.25, 0.3) is 5.91 Å². The van der Waals surface area contributed by atoms with E-state index in [1.807, 2.05) is 31.2 Å². The predicted octanol–water partition coefficient (Wildman–Crippen LogP) is 2.64. The molecule has 0 radical (unpaired) electrons. The van der Waals surface area contributed by atoms with Gasteiger partial charge in [0.15, 0.2) is 0 Å². The molecule has 2 aromatic carbocycles. The molecule has 136 valence electrons. The Hall–Kier alpha value is -3.15. The summed E-state index contributed by atoms with van der Waals surface area (Å²) in [5, 5.41) is 8.33. The Morgan fingerprint density at radius 2 is 1.73 bits per heavy atom. The maximum absolute atomic E-state index is 12.1. The Balaban J connectivity index is 1.80. The molecule has 0 aliphatic rings. The molecule has 0 aliphatic carbocycles. The highest BCUT2D eigenvalue weighted by atomic mass is 16.2. The van der Waals surface area contributed by atoms with Crippen LogP contribution in [0.2, 0.25) is 0 Å². The van der Waals surface area contributed by atoms with Gasteiger partial charge in [0, 0.05) is 31.1 Å². The summed E-state index contributed by atoms with van der Waals surface area (Å²) in [6.45, 7) is 3.58. The van der Waals surface area contributed by atoms with Gasteiger partial charge in [0.2, 0.25) is 11.8 Å². The number of amides is 3. The molecule has 0 aliphatic heterocycles. The van der Waals surface area contributed by atoms with Gasteiger partial charge in [-0.1, -0.05) is 30.3 Å². The number of rotatable bonds is 7. The molecule has 0 bridgehead atoms. The van der Waals surface area contributed by atoms with E-state index < -0.39 is 0 Å². The Labute approximate surface area is 153 Å². The summed E-state index contributed by atoms with van der Waals surface area (Å²) in [6.07, 6.45) is 0.189. The van der Waals surface area contributed by atoms with Gasteiger partial charge in [-0.2, -0.15) is 0 Å². The minimum Gasteiger partial charge on any atom is -0.352 e. The van der Waals surface area contributed by atoms with Gasteiger partial charge >= 0.3 is 0 Å². The molecule has 0 spiro atoms. The first kappa shape index (κ1) is 19.2. The van der Waals surface area contributed by atoms with E-state index in [1.54, 1.807) is 30.3 Å². The number of carbonyl (C=O) groups excluding carboxylic acids is 3. The third-order valence-electron chi connectivity index (χ3n) is 3.76. The SMILES string of the molecule is CC(=O)Nc1cccc(C(C)NC(=O)CCNC(=O)c2ccccc2)c1. The van der Waals surface area contributed by atoms with Crippen LogP contribution in [-0.2, 0) is 9.59 Å². The highest BCUT2D eigenvalue weighted by Gasteiger charge is 2.11. The summed E-state index contributed by atoms with van der Waals surface area (Å²) in [5.74, 6) is -0.502. The van der Waals surface area contributed by atoms with Crippen LogP contribution < -0.4 is 16.0 Å². The van der Waals surface area contributed by atoms with Crippen molar-refractivity contribution in [1.82, 2.24) is 10.6 Å². The van der Waals surface area contributed by atoms with Crippen molar-refractivity contribution in [3.8, 4) is 0 Å². The third-order valence-corrected chi connectivity index (χ3v) is 3.76. The molecule has 3 N–H and O–H groups in total. The fraction of sp³-hybridized carbons (Fsp3) is 0.250. The second kappa shape index (κ2) is 9.36. The summed E-state index contributed by atoms with van der Waals surface area (Å²) >= 11 is 0. The predicted molar refractivity (Wildman–Crippen MR) is 101 cm³/mol. The van der Waals surface area contributed by atoms with Crippen LogP contribution in [-0.4, -0.2) is 24.3 Å². The van der Waals surface area contributed by atoms with Crippen LogP contribution in [0.4, 0.5) is 5.69 Å². The van der Waals surface area contributed by atoms with Crippen molar-refractivity contribution in [2.45, 2.75) is 26.3 Å². The molecule has 6 heteroatoms. The van der Waals surface area contributed by atoms with Crippen molar-refractivity contribution in [1.29, 1.82) is 0 Å². The van der Waals surface area contributed by atoms with Crippen molar-refractivity contribution >= 4 is 23.4 Å². The molecular weight excluding hydrogens is 330 g/mol. The zero-order valence-corrected chi connectivity index (χ0v) is 14.9. The largest absolute Gasteiger partial charge is 0.352 e. The zero-order chi connectivity index (χ0) is 18.9. The summed E-state index contributed by atoms with van der Waals surface area (Å²) in [5.41, 5.74) is 2.14. The molecule has 2 aromatic rings.